The molecule has 0 aliphatic carbocycles. The summed E-state index contributed by atoms with van der Waals surface area (Å²) < 4.78 is 14.0. The normalized spacial score (nSPS) is 12.3. The monoisotopic (exact) mass is 350 g/mol. The zero-order valence-corrected chi connectivity index (χ0v) is 14.1. The van der Waals surface area contributed by atoms with Crippen LogP contribution in [-0.4, -0.2) is 13.6 Å². The number of hydrogen-bond donors (Lipinski definition) is 1. The molecule has 0 aliphatic heterocycles. The lowest BCUT2D eigenvalue weighted by atomic mass is 10.0. The van der Waals surface area contributed by atoms with Crippen LogP contribution in [0.1, 0.15) is 22.7 Å². The average molecular weight is 351 g/mol. The average Bonchev–Trinajstić information content (AvgIpc) is 2.41. The number of nitrogens with two attached hydrogens (primary N) is 1. The zero-order chi connectivity index (χ0) is 15.6. The van der Waals surface area contributed by atoms with Crippen molar-refractivity contribution in [1.82, 2.24) is 0 Å². The highest BCUT2D eigenvalue weighted by Crippen LogP contribution is 2.32. The summed E-state index contributed by atoms with van der Waals surface area (Å²) in [5.74, 6) is -0.254. The zero-order valence-electron chi connectivity index (χ0n) is 12.5. The lowest BCUT2D eigenvalue weighted by Crippen LogP contribution is -2.31. The number of nitrogens with zero attached hydrogens (tertiary/aromatic N) is 1. The summed E-state index contributed by atoms with van der Waals surface area (Å²) in [7, 11) is 2.02. The van der Waals surface area contributed by atoms with E-state index in [1.54, 1.807) is 6.07 Å². The summed E-state index contributed by atoms with van der Waals surface area (Å²) in [6, 6.07) is 11.1. The maximum atomic E-state index is 13.3. The van der Waals surface area contributed by atoms with Crippen LogP contribution in [0, 0.1) is 19.7 Å². The summed E-state index contributed by atoms with van der Waals surface area (Å²) in [6.07, 6.45) is 0. The van der Waals surface area contributed by atoms with Crippen molar-refractivity contribution in [3.05, 3.63) is 63.4 Å². The van der Waals surface area contributed by atoms with Gasteiger partial charge in [0.15, 0.2) is 0 Å². The van der Waals surface area contributed by atoms with Crippen molar-refractivity contribution in [2.45, 2.75) is 19.9 Å². The Labute approximate surface area is 133 Å². The third kappa shape index (κ3) is 3.44. The second kappa shape index (κ2) is 6.58. The maximum absolute atomic E-state index is 13.3. The molecule has 2 aromatic carbocycles. The van der Waals surface area contributed by atoms with Crippen LogP contribution in [0.4, 0.5) is 10.1 Å². The van der Waals surface area contributed by atoms with Gasteiger partial charge in [0.2, 0.25) is 0 Å². The minimum absolute atomic E-state index is 0.0126. The molecule has 0 aromatic heterocycles. The van der Waals surface area contributed by atoms with Crippen LogP contribution < -0.4 is 10.6 Å². The molecule has 0 aliphatic rings. The van der Waals surface area contributed by atoms with E-state index < -0.39 is 0 Å². The van der Waals surface area contributed by atoms with E-state index in [2.05, 4.69) is 52.9 Å². The minimum Gasteiger partial charge on any atom is -0.366 e. The van der Waals surface area contributed by atoms with Gasteiger partial charge in [-0.05, 0) is 43.2 Å². The highest BCUT2D eigenvalue weighted by molar-refractivity contribution is 9.10. The van der Waals surface area contributed by atoms with Crippen LogP contribution in [0.2, 0.25) is 0 Å². The SMILES string of the molecule is Cc1ccc(N(C)C(CN)c2ccc(F)cc2Br)c(C)c1. The van der Waals surface area contributed by atoms with Gasteiger partial charge in [-0.15, -0.1) is 0 Å². The van der Waals surface area contributed by atoms with Gasteiger partial charge >= 0.3 is 0 Å². The van der Waals surface area contributed by atoms with Gasteiger partial charge in [0.05, 0.1) is 6.04 Å². The largest absolute Gasteiger partial charge is 0.366 e. The molecule has 0 saturated carbocycles. The van der Waals surface area contributed by atoms with Crippen molar-refractivity contribution < 1.29 is 4.39 Å². The Morgan fingerprint density at radius 2 is 1.90 bits per heavy atom. The van der Waals surface area contributed by atoms with Crippen LogP contribution in [0.15, 0.2) is 40.9 Å². The van der Waals surface area contributed by atoms with Gasteiger partial charge < -0.3 is 10.6 Å². The molecular formula is C17H20BrFN2. The molecular weight excluding hydrogens is 331 g/mol. The Bertz CT molecular complexity index is 643. The quantitative estimate of drug-likeness (QED) is 0.888. The topological polar surface area (TPSA) is 29.3 Å². The third-order valence-electron chi connectivity index (χ3n) is 3.74. The van der Waals surface area contributed by atoms with E-state index >= 15 is 0 Å². The number of halogens is 2. The summed E-state index contributed by atoms with van der Waals surface area (Å²) in [5, 5.41) is 0. The first kappa shape index (κ1) is 16.0. The van der Waals surface area contributed by atoms with Crippen molar-refractivity contribution in [3.8, 4) is 0 Å². The van der Waals surface area contributed by atoms with Crippen molar-refractivity contribution in [1.29, 1.82) is 0 Å². The maximum Gasteiger partial charge on any atom is 0.124 e. The Hall–Kier alpha value is -1.39. The van der Waals surface area contributed by atoms with Crippen LogP contribution in [0.3, 0.4) is 0 Å². The molecule has 0 heterocycles. The Morgan fingerprint density at radius 3 is 2.48 bits per heavy atom. The highest BCUT2D eigenvalue weighted by atomic mass is 79.9. The number of aryl methyl sites for hydroxylation is 2. The number of benzene rings is 2. The van der Waals surface area contributed by atoms with E-state index in [0.717, 1.165) is 15.7 Å². The molecule has 0 fully saturated rings. The first-order valence-electron chi connectivity index (χ1n) is 6.89. The molecule has 4 heteroatoms. The minimum atomic E-state index is -0.254. The van der Waals surface area contributed by atoms with Gasteiger partial charge in [0.1, 0.15) is 5.82 Å². The Balaban J connectivity index is 2.40. The molecule has 21 heavy (non-hydrogen) atoms. The summed E-state index contributed by atoms with van der Waals surface area (Å²) >= 11 is 3.44. The van der Waals surface area contributed by atoms with Crippen molar-refractivity contribution >= 4 is 21.6 Å². The Morgan fingerprint density at radius 1 is 1.19 bits per heavy atom. The molecule has 2 rings (SSSR count). The summed E-state index contributed by atoms with van der Waals surface area (Å²) in [4.78, 5) is 2.15. The highest BCUT2D eigenvalue weighted by Gasteiger charge is 2.20. The fourth-order valence-electron chi connectivity index (χ4n) is 2.63. The lowest BCUT2D eigenvalue weighted by Gasteiger charge is -2.31. The van der Waals surface area contributed by atoms with Crippen molar-refractivity contribution in [3.63, 3.8) is 0 Å². The second-order valence-electron chi connectivity index (χ2n) is 5.32. The van der Waals surface area contributed by atoms with Crippen molar-refractivity contribution in [2.75, 3.05) is 18.5 Å². The van der Waals surface area contributed by atoms with E-state index in [0.29, 0.717) is 6.54 Å². The van der Waals surface area contributed by atoms with Crippen LogP contribution >= 0.6 is 15.9 Å². The standard InChI is InChI=1S/C17H20BrFN2/c1-11-4-7-16(12(2)8-11)21(3)17(10-20)14-6-5-13(19)9-15(14)18/h4-9,17H,10,20H2,1-3H3. The van der Waals surface area contributed by atoms with Crippen LogP contribution in [0.5, 0.6) is 0 Å². The first-order chi connectivity index (χ1) is 9.93. The van der Waals surface area contributed by atoms with E-state index in [9.17, 15) is 4.39 Å². The van der Waals surface area contributed by atoms with Gasteiger partial charge in [-0.1, -0.05) is 39.7 Å². The predicted molar refractivity (Wildman–Crippen MR) is 90.2 cm³/mol. The smallest absolute Gasteiger partial charge is 0.124 e. The molecule has 0 saturated heterocycles. The first-order valence-corrected chi connectivity index (χ1v) is 7.68. The van der Waals surface area contributed by atoms with E-state index in [1.165, 1.54) is 23.3 Å². The van der Waals surface area contributed by atoms with Gasteiger partial charge in [0, 0.05) is 23.8 Å². The van der Waals surface area contributed by atoms with E-state index in [4.69, 9.17) is 5.73 Å². The molecule has 2 N–H and O–H groups in total. The number of hydrogen-bond acceptors (Lipinski definition) is 2. The Kier molecular flexibility index (Phi) is 5.01. The fraction of sp³-hybridized carbons (Fsp3) is 0.294. The molecule has 0 spiro atoms. The van der Waals surface area contributed by atoms with Crippen LogP contribution in [0.25, 0.3) is 0 Å². The molecule has 0 amide bonds. The van der Waals surface area contributed by atoms with Gasteiger partial charge in [-0.2, -0.15) is 0 Å². The summed E-state index contributed by atoms with van der Waals surface area (Å²) in [6.45, 7) is 4.62. The number of anilines is 1. The molecule has 1 atom stereocenters. The van der Waals surface area contributed by atoms with E-state index in [1.807, 2.05) is 7.05 Å². The molecule has 112 valence electrons. The second-order valence-corrected chi connectivity index (χ2v) is 6.17. The predicted octanol–water partition coefficient (Wildman–Crippen LogP) is 4.34. The van der Waals surface area contributed by atoms with Gasteiger partial charge in [-0.3, -0.25) is 0 Å². The van der Waals surface area contributed by atoms with Gasteiger partial charge in [0.25, 0.3) is 0 Å². The van der Waals surface area contributed by atoms with Gasteiger partial charge in [-0.25, -0.2) is 4.39 Å². The molecule has 0 radical (unpaired) electrons. The van der Waals surface area contributed by atoms with Crippen molar-refractivity contribution in [2.24, 2.45) is 5.73 Å². The van der Waals surface area contributed by atoms with E-state index in [-0.39, 0.29) is 11.9 Å². The molecule has 2 nitrogen and oxygen atoms in total. The number of rotatable bonds is 4. The van der Waals surface area contributed by atoms with Crippen LogP contribution in [-0.2, 0) is 0 Å². The molecule has 0 bridgehead atoms. The summed E-state index contributed by atoms with van der Waals surface area (Å²) in [5.41, 5.74) is 10.5. The molecule has 2 aromatic rings. The fourth-order valence-corrected chi connectivity index (χ4v) is 3.25. The molecule has 1 unspecified atom stereocenters. The third-order valence-corrected chi connectivity index (χ3v) is 4.43. The lowest BCUT2D eigenvalue weighted by molar-refractivity contribution is 0.620. The number of likely N-dealkylation sites (N-methyl/N-ethyl adjacent to an activating group) is 1.